The molecule has 0 fully saturated rings. The first-order valence-corrected chi connectivity index (χ1v) is 10.6. The molecule has 0 radical (unpaired) electrons. The van der Waals surface area contributed by atoms with E-state index >= 15 is 0 Å². The molecule has 0 unspecified atom stereocenters. The number of anilines is 1. The van der Waals surface area contributed by atoms with Crippen molar-refractivity contribution in [2.24, 2.45) is 0 Å². The Balaban J connectivity index is 1.75. The van der Waals surface area contributed by atoms with Crippen LogP contribution >= 0.6 is 11.6 Å². The summed E-state index contributed by atoms with van der Waals surface area (Å²) in [5, 5.41) is 3.47. The van der Waals surface area contributed by atoms with Crippen molar-refractivity contribution < 1.29 is 19.1 Å². The number of methoxy groups -OCH3 is 2. The minimum atomic E-state index is -0.758. The maximum absolute atomic E-state index is 13.3. The second-order valence-electron chi connectivity index (χ2n) is 7.43. The molecule has 7 nitrogen and oxygen atoms in total. The molecule has 0 aliphatic carbocycles. The Morgan fingerprint density at radius 3 is 2.36 bits per heavy atom. The molecule has 0 saturated heterocycles. The van der Waals surface area contributed by atoms with Crippen molar-refractivity contribution >= 4 is 39.9 Å². The van der Waals surface area contributed by atoms with Gasteiger partial charge in [0.25, 0.3) is 11.7 Å². The van der Waals surface area contributed by atoms with E-state index in [1.54, 1.807) is 26.4 Å². The Labute approximate surface area is 195 Å². The van der Waals surface area contributed by atoms with E-state index in [1.807, 2.05) is 47.9 Å². The summed E-state index contributed by atoms with van der Waals surface area (Å²) in [4.78, 5) is 30.0. The monoisotopic (exact) mass is 463 g/mol. The number of carbonyl (C=O) groups excluding carboxylic acids is 2. The average molecular weight is 464 g/mol. The molecule has 2 aromatic heterocycles. The molecule has 0 bridgehead atoms. The van der Waals surface area contributed by atoms with E-state index in [-0.39, 0.29) is 5.15 Å². The summed E-state index contributed by atoms with van der Waals surface area (Å²) in [6.45, 7) is 2.35. The molecule has 33 heavy (non-hydrogen) atoms. The number of ketones is 1. The second-order valence-corrected chi connectivity index (χ2v) is 7.82. The summed E-state index contributed by atoms with van der Waals surface area (Å²) in [6, 6.07) is 16.3. The highest BCUT2D eigenvalue weighted by molar-refractivity contribution is 6.48. The molecule has 1 N–H and O–H groups in total. The van der Waals surface area contributed by atoms with Crippen molar-refractivity contribution in [2.45, 2.75) is 13.5 Å². The van der Waals surface area contributed by atoms with E-state index < -0.39 is 11.7 Å². The van der Waals surface area contributed by atoms with Gasteiger partial charge in [-0.3, -0.25) is 9.59 Å². The lowest BCUT2D eigenvalue weighted by atomic mass is 10.1. The molecule has 4 rings (SSSR count). The van der Waals surface area contributed by atoms with Crippen LogP contribution in [0, 0.1) is 6.92 Å². The van der Waals surface area contributed by atoms with E-state index in [9.17, 15) is 9.59 Å². The van der Waals surface area contributed by atoms with Gasteiger partial charge in [0.1, 0.15) is 16.7 Å². The number of aromatic nitrogens is 2. The van der Waals surface area contributed by atoms with E-state index in [0.29, 0.717) is 34.6 Å². The van der Waals surface area contributed by atoms with Crippen LogP contribution in [0.15, 0.2) is 60.8 Å². The molecule has 0 saturated carbocycles. The fourth-order valence-electron chi connectivity index (χ4n) is 3.77. The first-order valence-electron chi connectivity index (χ1n) is 10.2. The number of amides is 1. The van der Waals surface area contributed by atoms with Gasteiger partial charge < -0.3 is 19.4 Å². The Bertz CT molecular complexity index is 1350. The summed E-state index contributed by atoms with van der Waals surface area (Å²) in [5.41, 5.74) is 3.26. The van der Waals surface area contributed by atoms with Crippen LogP contribution in [0.3, 0.4) is 0 Å². The Morgan fingerprint density at radius 1 is 1.00 bits per heavy atom. The summed E-state index contributed by atoms with van der Waals surface area (Å²) in [7, 11) is 3.18. The number of nitrogens with zero attached hydrogens (tertiary/aromatic N) is 2. The van der Waals surface area contributed by atoms with Gasteiger partial charge in [0.15, 0.2) is 0 Å². The number of rotatable bonds is 7. The Morgan fingerprint density at radius 2 is 1.70 bits per heavy atom. The van der Waals surface area contributed by atoms with E-state index in [0.717, 1.165) is 16.8 Å². The SMILES string of the molecule is COc1ccc(Cn2c(C)c(C(=O)C(=O)Nc3ccnc(Cl)c3)c3cc(OC)ccc32)cc1. The highest BCUT2D eigenvalue weighted by Gasteiger charge is 2.26. The molecule has 4 aromatic rings. The summed E-state index contributed by atoms with van der Waals surface area (Å²) >= 11 is 5.89. The number of halogens is 1. The van der Waals surface area contributed by atoms with Crippen LogP contribution in [-0.4, -0.2) is 35.5 Å². The van der Waals surface area contributed by atoms with Crippen LogP contribution < -0.4 is 14.8 Å². The lowest BCUT2D eigenvalue weighted by Crippen LogP contribution is -2.23. The van der Waals surface area contributed by atoms with Crippen LogP contribution in [0.25, 0.3) is 10.9 Å². The number of Topliss-reactive ketones (excluding diaryl/α,β-unsaturated/α-hetero) is 1. The molecule has 8 heteroatoms. The number of fused-ring (bicyclic) bond motifs is 1. The van der Waals surface area contributed by atoms with E-state index in [1.165, 1.54) is 12.3 Å². The van der Waals surface area contributed by atoms with Crippen molar-refractivity contribution in [1.29, 1.82) is 0 Å². The first kappa shape index (κ1) is 22.4. The fraction of sp³-hybridized carbons (Fsp3) is 0.160. The zero-order chi connectivity index (χ0) is 23.5. The Hall–Kier alpha value is -3.84. The zero-order valence-corrected chi connectivity index (χ0v) is 19.1. The smallest absolute Gasteiger partial charge is 0.296 e. The van der Waals surface area contributed by atoms with Gasteiger partial charge in [-0.2, -0.15) is 0 Å². The predicted octanol–water partition coefficient (Wildman–Crippen LogP) is 4.89. The summed E-state index contributed by atoms with van der Waals surface area (Å²) in [6.07, 6.45) is 1.46. The molecule has 0 atom stereocenters. The average Bonchev–Trinajstić information content (AvgIpc) is 3.09. The number of carbonyl (C=O) groups is 2. The van der Waals surface area contributed by atoms with Gasteiger partial charge in [-0.05, 0) is 55.0 Å². The quantitative estimate of drug-likeness (QED) is 0.240. The maximum Gasteiger partial charge on any atom is 0.296 e. The highest BCUT2D eigenvalue weighted by atomic mass is 35.5. The number of nitrogens with one attached hydrogen (secondary N) is 1. The van der Waals surface area contributed by atoms with Crippen molar-refractivity contribution in [3.63, 3.8) is 0 Å². The first-order chi connectivity index (χ1) is 15.9. The van der Waals surface area contributed by atoms with Crippen LogP contribution in [0.5, 0.6) is 11.5 Å². The van der Waals surface area contributed by atoms with Gasteiger partial charge in [-0.15, -0.1) is 0 Å². The third kappa shape index (κ3) is 4.54. The summed E-state index contributed by atoms with van der Waals surface area (Å²) in [5.74, 6) is -0.0420. The van der Waals surface area contributed by atoms with Crippen molar-refractivity contribution in [2.75, 3.05) is 19.5 Å². The second kappa shape index (κ2) is 9.34. The minimum Gasteiger partial charge on any atom is -0.497 e. The van der Waals surface area contributed by atoms with Crippen LogP contribution in [0.4, 0.5) is 5.69 Å². The van der Waals surface area contributed by atoms with Gasteiger partial charge in [0, 0.05) is 35.0 Å². The third-order valence-corrected chi connectivity index (χ3v) is 5.65. The van der Waals surface area contributed by atoms with Gasteiger partial charge >= 0.3 is 0 Å². The number of benzene rings is 2. The molecule has 0 aliphatic heterocycles. The van der Waals surface area contributed by atoms with Gasteiger partial charge in [0.05, 0.1) is 19.8 Å². The van der Waals surface area contributed by atoms with E-state index in [4.69, 9.17) is 21.1 Å². The Kier molecular flexibility index (Phi) is 6.33. The van der Waals surface area contributed by atoms with Crippen molar-refractivity contribution in [3.8, 4) is 11.5 Å². The number of ether oxygens (including phenoxy) is 2. The van der Waals surface area contributed by atoms with Crippen LogP contribution in [0.2, 0.25) is 5.15 Å². The van der Waals surface area contributed by atoms with Crippen molar-refractivity contribution in [1.82, 2.24) is 9.55 Å². The topological polar surface area (TPSA) is 82.5 Å². The van der Waals surface area contributed by atoms with E-state index in [2.05, 4.69) is 10.3 Å². The van der Waals surface area contributed by atoms with Gasteiger partial charge in [0.2, 0.25) is 0 Å². The molecular weight excluding hydrogens is 442 g/mol. The molecule has 0 aliphatic rings. The fourth-order valence-corrected chi connectivity index (χ4v) is 3.95. The highest BCUT2D eigenvalue weighted by Crippen LogP contribution is 2.31. The van der Waals surface area contributed by atoms with Crippen molar-refractivity contribution in [3.05, 3.63) is 82.8 Å². The van der Waals surface area contributed by atoms with Crippen LogP contribution in [-0.2, 0) is 11.3 Å². The standard InChI is InChI=1S/C25H22ClN3O4/c1-15-23(24(30)25(31)28-17-10-11-27-22(26)12-17)20-13-19(33-3)8-9-21(20)29(15)14-16-4-6-18(32-2)7-5-16/h4-13H,14H2,1-3H3,(H,27,28,31). The number of pyridine rings is 1. The van der Waals surface area contributed by atoms with Gasteiger partial charge in [-0.1, -0.05) is 23.7 Å². The normalized spacial score (nSPS) is 10.8. The molecule has 2 aromatic carbocycles. The molecule has 2 heterocycles. The molecule has 0 spiro atoms. The number of hydrogen-bond acceptors (Lipinski definition) is 5. The minimum absolute atomic E-state index is 0.220. The largest absolute Gasteiger partial charge is 0.497 e. The zero-order valence-electron chi connectivity index (χ0n) is 18.4. The molecular formula is C25H22ClN3O4. The molecule has 168 valence electrons. The summed E-state index contributed by atoms with van der Waals surface area (Å²) < 4.78 is 12.6. The third-order valence-electron chi connectivity index (χ3n) is 5.45. The molecule has 1 amide bonds. The van der Waals surface area contributed by atoms with Crippen LogP contribution in [0.1, 0.15) is 21.6 Å². The predicted molar refractivity (Wildman–Crippen MR) is 128 cm³/mol. The maximum atomic E-state index is 13.3. The van der Waals surface area contributed by atoms with Gasteiger partial charge in [-0.25, -0.2) is 4.98 Å². The lowest BCUT2D eigenvalue weighted by molar-refractivity contribution is -0.112. The lowest BCUT2D eigenvalue weighted by Gasteiger charge is -2.10. The number of hydrogen-bond donors (Lipinski definition) is 1.